The van der Waals surface area contributed by atoms with Gasteiger partial charge >= 0.3 is 5.97 Å². The number of esters is 1. The van der Waals surface area contributed by atoms with E-state index < -0.39 is 0 Å². The van der Waals surface area contributed by atoms with Crippen molar-refractivity contribution < 1.29 is 14.3 Å². The van der Waals surface area contributed by atoms with Crippen LogP contribution in [0.5, 0.6) is 5.75 Å². The molecule has 1 saturated carbocycles. The predicted molar refractivity (Wildman–Crippen MR) is 82.4 cm³/mol. The third-order valence-electron chi connectivity index (χ3n) is 3.48. The maximum Gasteiger partial charge on any atom is 0.344 e. The van der Waals surface area contributed by atoms with Gasteiger partial charge in [0.25, 0.3) is 0 Å². The van der Waals surface area contributed by atoms with Crippen molar-refractivity contribution >= 4 is 5.97 Å². The molecule has 0 unspecified atom stereocenters. The van der Waals surface area contributed by atoms with Gasteiger partial charge in [0, 0.05) is 18.2 Å². The second-order valence-electron chi connectivity index (χ2n) is 5.63. The summed E-state index contributed by atoms with van der Waals surface area (Å²) in [5, 5.41) is 3.47. The fourth-order valence-electron chi connectivity index (χ4n) is 2.04. The summed E-state index contributed by atoms with van der Waals surface area (Å²) in [5.74, 6) is 0.464. The fourth-order valence-corrected chi connectivity index (χ4v) is 2.04. The largest absolute Gasteiger partial charge is 0.482 e. The van der Waals surface area contributed by atoms with E-state index in [1.54, 1.807) is 0 Å². The van der Waals surface area contributed by atoms with Crippen molar-refractivity contribution in [2.24, 2.45) is 0 Å². The Morgan fingerprint density at radius 1 is 1.38 bits per heavy atom. The van der Waals surface area contributed by atoms with Crippen LogP contribution in [0.4, 0.5) is 0 Å². The first-order valence-corrected chi connectivity index (χ1v) is 7.80. The van der Waals surface area contributed by atoms with Crippen molar-refractivity contribution in [3.8, 4) is 5.75 Å². The lowest BCUT2D eigenvalue weighted by molar-refractivity contribution is -0.146. The number of hydrogen-bond donors (Lipinski definition) is 1. The van der Waals surface area contributed by atoms with Crippen molar-refractivity contribution in [1.29, 1.82) is 0 Å². The average molecular weight is 291 g/mol. The van der Waals surface area contributed by atoms with Crippen LogP contribution in [0.2, 0.25) is 0 Å². The number of unbranched alkanes of at least 4 members (excludes halogenated alkanes) is 1. The van der Waals surface area contributed by atoms with Gasteiger partial charge in [0.2, 0.25) is 0 Å². The SMILES string of the molecule is CCCCOC(=O)COc1ccc(C)cc1CNC1CC1. The van der Waals surface area contributed by atoms with Crippen LogP contribution in [0, 0.1) is 6.92 Å². The molecule has 0 radical (unpaired) electrons. The summed E-state index contributed by atoms with van der Waals surface area (Å²) in [7, 11) is 0. The Morgan fingerprint density at radius 2 is 2.19 bits per heavy atom. The van der Waals surface area contributed by atoms with E-state index in [1.165, 1.54) is 18.4 Å². The molecule has 1 aromatic rings. The number of hydrogen-bond acceptors (Lipinski definition) is 4. The van der Waals surface area contributed by atoms with E-state index >= 15 is 0 Å². The molecule has 1 aliphatic rings. The highest BCUT2D eigenvalue weighted by Crippen LogP contribution is 2.23. The van der Waals surface area contributed by atoms with Gasteiger partial charge in [-0.3, -0.25) is 0 Å². The Kier molecular flexibility index (Phi) is 6.05. The van der Waals surface area contributed by atoms with Crippen molar-refractivity contribution in [1.82, 2.24) is 5.32 Å². The van der Waals surface area contributed by atoms with Crippen molar-refractivity contribution in [3.63, 3.8) is 0 Å². The third-order valence-corrected chi connectivity index (χ3v) is 3.48. The summed E-state index contributed by atoms with van der Waals surface area (Å²) >= 11 is 0. The van der Waals surface area contributed by atoms with E-state index in [2.05, 4.69) is 25.2 Å². The Balaban J connectivity index is 1.84. The Hall–Kier alpha value is -1.55. The number of carbonyl (C=O) groups excluding carboxylic acids is 1. The Labute approximate surface area is 126 Å². The van der Waals surface area contributed by atoms with Crippen molar-refractivity contribution in [2.75, 3.05) is 13.2 Å². The van der Waals surface area contributed by atoms with Gasteiger partial charge in [0.15, 0.2) is 6.61 Å². The average Bonchev–Trinajstić information content (AvgIpc) is 3.28. The molecular formula is C17H25NO3. The molecule has 2 rings (SSSR count). The van der Waals surface area contributed by atoms with Gasteiger partial charge < -0.3 is 14.8 Å². The number of ether oxygens (including phenoxy) is 2. The topological polar surface area (TPSA) is 47.6 Å². The molecule has 1 aliphatic carbocycles. The number of aryl methyl sites for hydroxylation is 1. The minimum Gasteiger partial charge on any atom is -0.482 e. The van der Waals surface area contributed by atoms with Crippen molar-refractivity contribution in [3.05, 3.63) is 29.3 Å². The third kappa shape index (κ3) is 5.76. The molecule has 0 spiro atoms. The van der Waals surface area contributed by atoms with Gasteiger partial charge in [-0.25, -0.2) is 4.79 Å². The van der Waals surface area contributed by atoms with Crippen LogP contribution in [0.15, 0.2) is 18.2 Å². The minimum absolute atomic E-state index is 0.0246. The maximum absolute atomic E-state index is 11.6. The second-order valence-corrected chi connectivity index (χ2v) is 5.63. The minimum atomic E-state index is -0.301. The van der Waals surface area contributed by atoms with Crippen molar-refractivity contribution in [2.45, 2.75) is 52.1 Å². The molecule has 4 nitrogen and oxygen atoms in total. The number of nitrogens with one attached hydrogen (secondary N) is 1. The van der Waals surface area contributed by atoms with Crippen LogP contribution in [0.1, 0.15) is 43.7 Å². The van der Waals surface area contributed by atoms with Gasteiger partial charge in [0.1, 0.15) is 5.75 Å². The van der Waals surface area contributed by atoms with Gasteiger partial charge in [-0.2, -0.15) is 0 Å². The zero-order valence-electron chi connectivity index (χ0n) is 13.0. The van der Waals surface area contributed by atoms with E-state index in [4.69, 9.17) is 9.47 Å². The zero-order valence-corrected chi connectivity index (χ0v) is 13.0. The molecule has 0 atom stereocenters. The standard InChI is InChI=1S/C17H25NO3/c1-3-4-9-20-17(19)12-21-16-8-5-13(2)10-14(16)11-18-15-6-7-15/h5,8,10,15,18H,3-4,6-7,9,11-12H2,1-2H3. The van der Waals surface area contributed by atoms with Crippen LogP contribution < -0.4 is 10.1 Å². The molecule has 0 aliphatic heterocycles. The quantitative estimate of drug-likeness (QED) is 0.561. The molecule has 0 bridgehead atoms. The van der Waals surface area contributed by atoms with E-state index in [-0.39, 0.29) is 12.6 Å². The first-order valence-electron chi connectivity index (χ1n) is 7.80. The lowest BCUT2D eigenvalue weighted by Gasteiger charge is -2.13. The smallest absolute Gasteiger partial charge is 0.344 e. The van der Waals surface area contributed by atoms with Crippen LogP contribution >= 0.6 is 0 Å². The van der Waals surface area contributed by atoms with E-state index in [0.717, 1.165) is 30.7 Å². The summed E-state index contributed by atoms with van der Waals surface area (Å²) in [6.07, 6.45) is 4.42. The summed E-state index contributed by atoms with van der Waals surface area (Å²) in [5.41, 5.74) is 2.30. The monoisotopic (exact) mass is 291 g/mol. The Morgan fingerprint density at radius 3 is 2.90 bits per heavy atom. The molecular weight excluding hydrogens is 266 g/mol. The molecule has 1 N–H and O–H groups in total. The first-order chi connectivity index (χ1) is 10.2. The van der Waals surface area contributed by atoms with Crippen LogP contribution in [-0.2, 0) is 16.1 Å². The van der Waals surface area contributed by atoms with E-state index in [9.17, 15) is 4.79 Å². The number of benzene rings is 1. The molecule has 0 aromatic heterocycles. The molecule has 4 heteroatoms. The first kappa shape index (κ1) is 15.8. The second kappa shape index (κ2) is 8.03. The highest BCUT2D eigenvalue weighted by atomic mass is 16.6. The highest BCUT2D eigenvalue weighted by Gasteiger charge is 2.20. The molecule has 0 amide bonds. The molecule has 21 heavy (non-hydrogen) atoms. The van der Waals surface area contributed by atoms with Gasteiger partial charge in [0.05, 0.1) is 6.61 Å². The maximum atomic E-state index is 11.6. The van der Waals surface area contributed by atoms with Crippen LogP contribution in [0.25, 0.3) is 0 Å². The molecule has 1 aromatic carbocycles. The predicted octanol–water partition coefficient (Wildman–Crippen LogP) is 2.97. The summed E-state index contributed by atoms with van der Waals surface area (Å²) in [4.78, 5) is 11.6. The Bertz CT molecular complexity index is 469. The van der Waals surface area contributed by atoms with Gasteiger partial charge in [-0.15, -0.1) is 0 Å². The number of rotatable bonds is 9. The zero-order chi connectivity index (χ0) is 15.1. The summed E-state index contributed by atoms with van der Waals surface area (Å²) in [6.45, 7) is 5.36. The lowest BCUT2D eigenvalue weighted by Crippen LogP contribution is -2.19. The summed E-state index contributed by atoms with van der Waals surface area (Å²) < 4.78 is 10.7. The van der Waals surface area contributed by atoms with Gasteiger partial charge in [-0.05, 0) is 32.3 Å². The molecule has 1 fully saturated rings. The fraction of sp³-hybridized carbons (Fsp3) is 0.588. The highest BCUT2D eigenvalue weighted by molar-refractivity contribution is 5.71. The number of carbonyl (C=O) groups is 1. The molecule has 0 saturated heterocycles. The normalized spacial score (nSPS) is 14.0. The van der Waals surface area contributed by atoms with E-state index in [1.807, 2.05) is 12.1 Å². The lowest BCUT2D eigenvalue weighted by atomic mass is 10.1. The van der Waals surface area contributed by atoms with Crippen LogP contribution in [-0.4, -0.2) is 25.2 Å². The van der Waals surface area contributed by atoms with Crippen LogP contribution in [0.3, 0.4) is 0 Å². The van der Waals surface area contributed by atoms with E-state index in [0.29, 0.717) is 12.6 Å². The molecule has 0 heterocycles. The van der Waals surface area contributed by atoms with Gasteiger partial charge in [-0.1, -0.05) is 31.0 Å². The summed E-state index contributed by atoms with van der Waals surface area (Å²) in [6, 6.07) is 6.68. The molecule has 116 valence electrons.